The van der Waals surface area contributed by atoms with Gasteiger partial charge >= 0.3 is 0 Å². The Kier molecular flexibility index (Phi) is 1.93. The van der Waals surface area contributed by atoms with Gasteiger partial charge in [0.1, 0.15) is 6.61 Å². The Hall–Kier alpha value is -1.13. The molecule has 0 saturated heterocycles. The van der Waals surface area contributed by atoms with Gasteiger partial charge in [0.2, 0.25) is 0 Å². The molecule has 0 amide bonds. The Bertz CT molecular complexity index is 278. The molecule has 1 aromatic rings. The third-order valence-electron chi connectivity index (χ3n) is 1.80. The van der Waals surface area contributed by atoms with Crippen molar-refractivity contribution in [3.63, 3.8) is 0 Å². The second kappa shape index (κ2) is 3.08. The van der Waals surface area contributed by atoms with Crippen LogP contribution in [-0.2, 0) is 16.4 Å². The van der Waals surface area contributed by atoms with Crippen molar-refractivity contribution in [2.24, 2.45) is 0 Å². The van der Waals surface area contributed by atoms with Gasteiger partial charge in [-0.1, -0.05) is 0 Å². The summed E-state index contributed by atoms with van der Waals surface area (Å²) >= 11 is 0. The average molecular weight is 166 g/mol. The third kappa shape index (κ3) is 1.26. The van der Waals surface area contributed by atoms with Crippen LogP contribution in [0.5, 0.6) is 0 Å². The summed E-state index contributed by atoms with van der Waals surface area (Å²) in [4.78, 5) is 15.9. The SMILES string of the molecule is CN1COOCc2ncccc21. The lowest BCUT2D eigenvalue weighted by Crippen LogP contribution is -2.19. The van der Waals surface area contributed by atoms with Crippen LogP contribution in [0.3, 0.4) is 0 Å². The minimum Gasteiger partial charge on any atom is -0.348 e. The van der Waals surface area contributed by atoms with Crippen LogP contribution in [0.15, 0.2) is 18.3 Å². The van der Waals surface area contributed by atoms with Crippen LogP contribution in [0.25, 0.3) is 0 Å². The molecule has 0 unspecified atom stereocenters. The van der Waals surface area contributed by atoms with E-state index in [0.717, 1.165) is 11.4 Å². The summed E-state index contributed by atoms with van der Waals surface area (Å²) in [5.41, 5.74) is 1.98. The normalized spacial score (nSPS) is 16.9. The van der Waals surface area contributed by atoms with Crippen LogP contribution >= 0.6 is 0 Å². The van der Waals surface area contributed by atoms with Gasteiger partial charge < -0.3 is 4.90 Å². The average Bonchev–Trinajstić information content (AvgIpc) is 2.29. The highest BCUT2D eigenvalue weighted by Crippen LogP contribution is 2.19. The lowest BCUT2D eigenvalue weighted by atomic mass is 10.3. The van der Waals surface area contributed by atoms with Crippen molar-refractivity contribution in [1.29, 1.82) is 0 Å². The van der Waals surface area contributed by atoms with Gasteiger partial charge in [0, 0.05) is 13.2 Å². The van der Waals surface area contributed by atoms with Crippen LogP contribution in [0.4, 0.5) is 5.69 Å². The molecular weight excluding hydrogens is 156 g/mol. The first-order valence-electron chi connectivity index (χ1n) is 3.77. The highest BCUT2D eigenvalue weighted by Gasteiger charge is 2.12. The molecule has 4 nitrogen and oxygen atoms in total. The lowest BCUT2D eigenvalue weighted by Gasteiger charge is -2.15. The van der Waals surface area contributed by atoms with Gasteiger partial charge in [-0.2, -0.15) is 0 Å². The Morgan fingerprint density at radius 3 is 3.33 bits per heavy atom. The molecule has 2 rings (SSSR count). The molecule has 0 atom stereocenters. The Morgan fingerprint density at radius 2 is 2.42 bits per heavy atom. The van der Waals surface area contributed by atoms with E-state index in [4.69, 9.17) is 9.78 Å². The van der Waals surface area contributed by atoms with E-state index in [2.05, 4.69) is 4.98 Å². The molecule has 0 bridgehead atoms. The topological polar surface area (TPSA) is 34.6 Å². The summed E-state index contributed by atoms with van der Waals surface area (Å²) in [6.07, 6.45) is 1.75. The fourth-order valence-electron chi connectivity index (χ4n) is 1.17. The molecule has 64 valence electrons. The van der Waals surface area contributed by atoms with Gasteiger partial charge in [-0.25, -0.2) is 9.78 Å². The van der Waals surface area contributed by atoms with Crippen LogP contribution in [0.2, 0.25) is 0 Å². The monoisotopic (exact) mass is 166 g/mol. The van der Waals surface area contributed by atoms with Crippen molar-refractivity contribution in [2.75, 3.05) is 18.7 Å². The molecule has 0 aliphatic carbocycles. The first-order valence-corrected chi connectivity index (χ1v) is 3.77. The number of pyridine rings is 1. The third-order valence-corrected chi connectivity index (χ3v) is 1.80. The molecule has 0 radical (unpaired) electrons. The fourth-order valence-corrected chi connectivity index (χ4v) is 1.17. The molecular formula is C8H10N2O2. The number of hydrogen-bond donors (Lipinski definition) is 0. The zero-order chi connectivity index (χ0) is 8.39. The first-order chi connectivity index (χ1) is 5.88. The molecule has 0 N–H and O–H groups in total. The minimum absolute atomic E-state index is 0.417. The van der Waals surface area contributed by atoms with Gasteiger partial charge in [-0.05, 0) is 12.1 Å². The molecule has 1 aromatic heterocycles. The Balaban J connectivity index is 2.39. The first kappa shape index (κ1) is 7.52. The van der Waals surface area contributed by atoms with Crippen molar-refractivity contribution < 1.29 is 9.78 Å². The van der Waals surface area contributed by atoms with Crippen LogP contribution in [0, 0.1) is 0 Å². The predicted octanol–water partition coefficient (Wildman–Crippen LogP) is 0.937. The van der Waals surface area contributed by atoms with Gasteiger partial charge in [-0.15, -0.1) is 0 Å². The Labute approximate surface area is 70.7 Å². The van der Waals surface area contributed by atoms with E-state index in [1.54, 1.807) is 6.20 Å². The standard InChI is InChI=1S/C8H10N2O2/c1-10-6-12-11-5-7-8(10)3-2-4-9-7/h2-4H,5-6H2,1H3. The van der Waals surface area contributed by atoms with Crippen molar-refractivity contribution in [1.82, 2.24) is 4.98 Å². The molecule has 0 aromatic carbocycles. The molecule has 2 heterocycles. The van der Waals surface area contributed by atoms with Crippen LogP contribution < -0.4 is 4.90 Å². The highest BCUT2D eigenvalue weighted by molar-refractivity contribution is 5.49. The predicted molar refractivity (Wildman–Crippen MR) is 43.4 cm³/mol. The molecule has 0 saturated carbocycles. The maximum absolute atomic E-state index is 4.89. The van der Waals surface area contributed by atoms with Gasteiger partial charge in [0.05, 0.1) is 11.4 Å². The van der Waals surface area contributed by atoms with Crippen molar-refractivity contribution in [3.05, 3.63) is 24.0 Å². The lowest BCUT2D eigenvalue weighted by molar-refractivity contribution is -0.300. The molecule has 1 aliphatic heterocycles. The van der Waals surface area contributed by atoms with E-state index in [-0.39, 0.29) is 0 Å². The summed E-state index contributed by atoms with van der Waals surface area (Å²) in [7, 11) is 1.94. The molecule has 0 fully saturated rings. The van der Waals surface area contributed by atoms with Crippen molar-refractivity contribution in [2.45, 2.75) is 6.61 Å². The molecule has 12 heavy (non-hydrogen) atoms. The number of aromatic nitrogens is 1. The summed E-state index contributed by atoms with van der Waals surface area (Å²) < 4.78 is 0. The number of rotatable bonds is 0. The zero-order valence-electron chi connectivity index (χ0n) is 6.86. The summed E-state index contributed by atoms with van der Waals surface area (Å²) in [5, 5.41) is 0. The second-order valence-electron chi connectivity index (χ2n) is 2.68. The maximum Gasteiger partial charge on any atom is 0.154 e. The number of hydrogen-bond acceptors (Lipinski definition) is 4. The van der Waals surface area contributed by atoms with E-state index < -0.39 is 0 Å². The maximum atomic E-state index is 4.89. The Morgan fingerprint density at radius 1 is 1.50 bits per heavy atom. The van der Waals surface area contributed by atoms with Gasteiger partial charge in [0.15, 0.2) is 6.73 Å². The molecule has 1 aliphatic rings. The van der Waals surface area contributed by atoms with Gasteiger partial charge in [0.25, 0.3) is 0 Å². The summed E-state index contributed by atoms with van der Waals surface area (Å²) in [5.74, 6) is 0. The number of fused-ring (bicyclic) bond motifs is 1. The molecule has 0 spiro atoms. The van der Waals surface area contributed by atoms with E-state index in [1.807, 2.05) is 24.1 Å². The zero-order valence-corrected chi connectivity index (χ0v) is 6.86. The molecule has 4 heteroatoms. The van der Waals surface area contributed by atoms with E-state index in [0.29, 0.717) is 13.3 Å². The second-order valence-corrected chi connectivity index (χ2v) is 2.68. The van der Waals surface area contributed by atoms with Gasteiger partial charge in [-0.3, -0.25) is 4.98 Å². The smallest absolute Gasteiger partial charge is 0.154 e. The summed E-state index contributed by atoms with van der Waals surface area (Å²) in [6, 6.07) is 3.90. The van der Waals surface area contributed by atoms with Crippen molar-refractivity contribution in [3.8, 4) is 0 Å². The highest BCUT2D eigenvalue weighted by atomic mass is 17.2. The quantitative estimate of drug-likeness (QED) is 0.537. The number of nitrogens with zero attached hydrogens (tertiary/aromatic N) is 2. The largest absolute Gasteiger partial charge is 0.348 e. The fraction of sp³-hybridized carbons (Fsp3) is 0.375. The van der Waals surface area contributed by atoms with E-state index in [1.165, 1.54) is 0 Å². The number of anilines is 1. The van der Waals surface area contributed by atoms with Crippen LogP contribution in [0.1, 0.15) is 5.69 Å². The van der Waals surface area contributed by atoms with E-state index in [9.17, 15) is 0 Å². The summed E-state index contributed by atoms with van der Waals surface area (Å²) in [6.45, 7) is 0.860. The van der Waals surface area contributed by atoms with E-state index >= 15 is 0 Å². The minimum atomic E-state index is 0.417. The van der Waals surface area contributed by atoms with Crippen LogP contribution in [-0.4, -0.2) is 18.8 Å². The van der Waals surface area contributed by atoms with Crippen molar-refractivity contribution >= 4 is 5.69 Å².